The minimum Gasteiger partial charge on any atom is -0.493 e. The number of hydrogen-bond acceptors (Lipinski definition) is 5. The van der Waals surface area contributed by atoms with E-state index in [2.05, 4.69) is 15.2 Å². The summed E-state index contributed by atoms with van der Waals surface area (Å²) in [7, 11) is 0. The molecule has 0 bridgehead atoms. The smallest absolute Gasteiger partial charge is 0.341 e. The van der Waals surface area contributed by atoms with Crippen LogP contribution in [0.25, 0.3) is 10.9 Å². The lowest BCUT2D eigenvalue weighted by Crippen LogP contribution is -2.52. The van der Waals surface area contributed by atoms with Gasteiger partial charge in [-0.05, 0) is 18.3 Å². The van der Waals surface area contributed by atoms with Crippen LogP contribution in [-0.4, -0.2) is 62.4 Å². The molecule has 1 aliphatic heterocycles. The SMILES string of the molecule is O=C(NO)N1CCN(C(=S)N=Nc2c(O)[nH]c3ccccc23)CC1. The van der Waals surface area contributed by atoms with Crippen molar-refractivity contribution in [2.75, 3.05) is 26.2 Å². The van der Waals surface area contributed by atoms with E-state index in [1.807, 2.05) is 29.2 Å². The van der Waals surface area contributed by atoms with Crippen LogP contribution in [0.15, 0.2) is 34.5 Å². The van der Waals surface area contributed by atoms with Crippen molar-refractivity contribution in [3.8, 4) is 5.88 Å². The highest BCUT2D eigenvalue weighted by Crippen LogP contribution is 2.35. The number of benzene rings is 1. The number of nitrogens with zero attached hydrogens (tertiary/aromatic N) is 4. The molecule has 24 heavy (non-hydrogen) atoms. The van der Waals surface area contributed by atoms with Gasteiger partial charge in [-0.1, -0.05) is 18.2 Å². The average molecular weight is 348 g/mol. The van der Waals surface area contributed by atoms with Crippen LogP contribution in [0, 0.1) is 0 Å². The van der Waals surface area contributed by atoms with Crippen molar-refractivity contribution < 1.29 is 15.1 Å². The second-order valence-electron chi connectivity index (χ2n) is 5.24. The molecule has 0 atom stereocenters. The summed E-state index contributed by atoms with van der Waals surface area (Å²) in [5.74, 6) is -0.0628. The van der Waals surface area contributed by atoms with Gasteiger partial charge in [0.2, 0.25) is 11.0 Å². The summed E-state index contributed by atoms with van der Waals surface area (Å²) in [5.41, 5.74) is 2.71. The molecule has 0 radical (unpaired) electrons. The number of aromatic amines is 1. The number of carbonyl (C=O) groups excluding carboxylic acids is 1. The summed E-state index contributed by atoms with van der Waals surface area (Å²) < 4.78 is 0. The Morgan fingerprint density at radius 2 is 1.88 bits per heavy atom. The second-order valence-corrected chi connectivity index (χ2v) is 5.61. The minimum absolute atomic E-state index is 0.0628. The maximum absolute atomic E-state index is 11.3. The van der Waals surface area contributed by atoms with Crippen molar-refractivity contribution >= 4 is 40.0 Å². The lowest BCUT2D eigenvalue weighted by molar-refractivity contribution is 0.115. The number of azo groups is 1. The number of H-pyrrole nitrogens is 1. The number of hydroxylamine groups is 1. The van der Waals surface area contributed by atoms with Gasteiger partial charge in [0.15, 0.2) is 5.69 Å². The van der Waals surface area contributed by atoms with E-state index in [0.29, 0.717) is 31.9 Å². The molecule has 0 saturated carbocycles. The molecule has 10 heteroatoms. The van der Waals surface area contributed by atoms with Crippen LogP contribution in [0.2, 0.25) is 0 Å². The molecular formula is C14H16N6O3S. The van der Waals surface area contributed by atoms with Crippen molar-refractivity contribution in [3.05, 3.63) is 24.3 Å². The van der Waals surface area contributed by atoms with E-state index in [0.717, 1.165) is 10.9 Å². The van der Waals surface area contributed by atoms with Gasteiger partial charge in [-0.3, -0.25) is 5.21 Å². The van der Waals surface area contributed by atoms with Crippen LogP contribution in [0.3, 0.4) is 0 Å². The predicted molar refractivity (Wildman–Crippen MR) is 90.5 cm³/mol. The van der Waals surface area contributed by atoms with Crippen LogP contribution in [0.4, 0.5) is 10.5 Å². The van der Waals surface area contributed by atoms with Gasteiger partial charge in [-0.15, -0.1) is 10.2 Å². The molecule has 2 aromatic rings. The number of amides is 2. The van der Waals surface area contributed by atoms with E-state index < -0.39 is 6.03 Å². The first-order valence-electron chi connectivity index (χ1n) is 7.29. The van der Waals surface area contributed by atoms with Crippen LogP contribution in [-0.2, 0) is 0 Å². The number of aromatic hydroxyl groups is 1. The van der Waals surface area contributed by atoms with E-state index in [1.165, 1.54) is 4.90 Å². The first-order valence-corrected chi connectivity index (χ1v) is 7.70. The molecular weight excluding hydrogens is 332 g/mol. The van der Waals surface area contributed by atoms with Gasteiger partial charge in [0.1, 0.15) is 0 Å². The zero-order valence-corrected chi connectivity index (χ0v) is 13.5. The van der Waals surface area contributed by atoms with E-state index in [9.17, 15) is 9.90 Å². The van der Waals surface area contributed by atoms with Gasteiger partial charge in [0, 0.05) is 31.6 Å². The van der Waals surface area contributed by atoms with Crippen molar-refractivity contribution in [1.82, 2.24) is 20.3 Å². The number of aromatic nitrogens is 1. The number of urea groups is 1. The second kappa shape index (κ2) is 6.81. The monoisotopic (exact) mass is 348 g/mol. The summed E-state index contributed by atoms with van der Waals surface area (Å²) in [6, 6.07) is 6.82. The standard InChI is InChI=1S/C14H16N6O3S/c21-12-11(9-3-1-2-4-10(9)15-12)16-17-14(24)20-7-5-19(6-8-20)13(22)18-23/h1-4,15,21,23H,5-8H2,(H,18,22). The quantitative estimate of drug-likeness (QED) is 0.272. The van der Waals surface area contributed by atoms with Gasteiger partial charge < -0.3 is 19.9 Å². The Morgan fingerprint density at radius 1 is 1.21 bits per heavy atom. The number of thiocarbonyl (C=S) groups is 1. The third kappa shape index (κ3) is 3.14. The predicted octanol–water partition coefficient (Wildman–Crippen LogP) is 1.96. The number of piperazine rings is 1. The summed E-state index contributed by atoms with van der Waals surface area (Å²) in [4.78, 5) is 17.4. The maximum Gasteiger partial charge on any atom is 0.341 e. The first-order chi connectivity index (χ1) is 11.6. The van der Waals surface area contributed by atoms with E-state index >= 15 is 0 Å². The molecule has 0 spiro atoms. The van der Waals surface area contributed by atoms with Crippen LogP contribution < -0.4 is 5.48 Å². The molecule has 1 saturated heterocycles. The highest BCUT2D eigenvalue weighted by molar-refractivity contribution is 7.80. The molecule has 4 N–H and O–H groups in total. The Labute approximate surface area is 142 Å². The number of rotatable bonds is 1. The Bertz CT molecular complexity index is 797. The van der Waals surface area contributed by atoms with Crippen LogP contribution in [0.5, 0.6) is 5.88 Å². The van der Waals surface area contributed by atoms with E-state index in [1.54, 1.807) is 5.48 Å². The Kier molecular flexibility index (Phi) is 4.58. The highest BCUT2D eigenvalue weighted by Gasteiger charge is 2.22. The molecule has 2 amide bonds. The molecule has 126 valence electrons. The van der Waals surface area contributed by atoms with Gasteiger partial charge >= 0.3 is 6.03 Å². The van der Waals surface area contributed by atoms with Gasteiger partial charge in [0.25, 0.3) is 0 Å². The summed E-state index contributed by atoms with van der Waals surface area (Å²) in [5, 5.41) is 27.7. The third-order valence-corrected chi connectivity index (χ3v) is 4.17. The van der Waals surface area contributed by atoms with Gasteiger partial charge in [-0.25, -0.2) is 10.3 Å². The molecule has 3 rings (SSSR count). The van der Waals surface area contributed by atoms with Crippen LogP contribution >= 0.6 is 12.2 Å². The van der Waals surface area contributed by atoms with Crippen molar-refractivity contribution in [1.29, 1.82) is 0 Å². The highest BCUT2D eigenvalue weighted by atomic mass is 32.1. The number of hydrogen-bond donors (Lipinski definition) is 4. The first kappa shape index (κ1) is 16.1. The molecule has 9 nitrogen and oxygen atoms in total. The summed E-state index contributed by atoms with van der Waals surface area (Å²) >= 11 is 5.25. The molecule has 1 aliphatic rings. The molecule has 1 fully saturated rings. The number of fused-ring (bicyclic) bond motifs is 1. The van der Waals surface area contributed by atoms with Gasteiger partial charge in [0.05, 0.1) is 5.52 Å². The van der Waals surface area contributed by atoms with E-state index in [4.69, 9.17) is 17.4 Å². The molecule has 0 unspecified atom stereocenters. The third-order valence-electron chi connectivity index (χ3n) is 3.83. The average Bonchev–Trinajstić information content (AvgIpc) is 2.94. The molecule has 2 heterocycles. The largest absolute Gasteiger partial charge is 0.493 e. The molecule has 1 aromatic heterocycles. The maximum atomic E-state index is 11.3. The topological polar surface area (TPSA) is 117 Å². The fourth-order valence-corrected chi connectivity index (χ4v) is 2.77. The Hall–Kier alpha value is -2.72. The normalized spacial score (nSPS) is 15.2. The van der Waals surface area contributed by atoms with Crippen molar-refractivity contribution in [2.24, 2.45) is 10.2 Å². The fraction of sp³-hybridized carbons (Fsp3) is 0.286. The lowest BCUT2D eigenvalue weighted by Gasteiger charge is -2.33. The number of para-hydroxylation sites is 1. The zero-order valence-electron chi connectivity index (χ0n) is 12.6. The van der Waals surface area contributed by atoms with Crippen LogP contribution in [0.1, 0.15) is 0 Å². The summed E-state index contributed by atoms with van der Waals surface area (Å²) in [6.45, 7) is 1.82. The Balaban J connectivity index is 1.68. The number of nitrogens with one attached hydrogen (secondary N) is 2. The number of carbonyl (C=O) groups is 1. The van der Waals surface area contributed by atoms with E-state index in [-0.39, 0.29) is 11.0 Å². The minimum atomic E-state index is -0.536. The summed E-state index contributed by atoms with van der Waals surface area (Å²) in [6.07, 6.45) is 0. The lowest BCUT2D eigenvalue weighted by atomic mass is 10.2. The molecule has 0 aliphatic carbocycles. The zero-order chi connectivity index (χ0) is 17.1. The van der Waals surface area contributed by atoms with Crippen molar-refractivity contribution in [2.45, 2.75) is 0 Å². The van der Waals surface area contributed by atoms with Gasteiger partial charge in [-0.2, -0.15) is 0 Å². The molecule has 1 aromatic carbocycles. The van der Waals surface area contributed by atoms with Crippen molar-refractivity contribution in [3.63, 3.8) is 0 Å². The fourth-order valence-electron chi connectivity index (χ4n) is 2.54. The Morgan fingerprint density at radius 3 is 2.58 bits per heavy atom.